The second-order valence-electron chi connectivity index (χ2n) is 6.00. The number of methoxy groups -OCH3 is 1. The summed E-state index contributed by atoms with van der Waals surface area (Å²) in [6.45, 7) is 3.29. The van der Waals surface area contributed by atoms with Crippen molar-refractivity contribution in [2.45, 2.75) is 32.6 Å². The highest BCUT2D eigenvalue weighted by Gasteiger charge is 2.38. The lowest BCUT2D eigenvalue weighted by molar-refractivity contribution is 0.348. The van der Waals surface area contributed by atoms with Gasteiger partial charge in [-0.1, -0.05) is 6.42 Å². The van der Waals surface area contributed by atoms with Crippen LogP contribution in [-0.2, 0) is 0 Å². The van der Waals surface area contributed by atoms with Crippen molar-refractivity contribution in [1.82, 2.24) is 0 Å². The topological polar surface area (TPSA) is 21.3 Å². The Balaban J connectivity index is 1.60. The molecule has 1 N–H and O–H groups in total. The van der Waals surface area contributed by atoms with E-state index in [1.165, 1.54) is 36.9 Å². The van der Waals surface area contributed by atoms with Gasteiger partial charge < -0.3 is 10.1 Å². The first-order chi connectivity index (χ1) is 8.76. The van der Waals surface area contributed by atoms with Crippen LogP contribution in [0, 0.1) is 24.7 Å². The summed E-state index contributed by atoms with van der Waals surface area (Å²) in [5, 5.41) is 3.64. The van der Waals surface area contributed by atoms with Crippen molar-refractivity contribution in [1.29, 1.82) is 0 Å². The van der Waals surface area contributed by atoms with Crippen LogP contribution in [0.25, 0.3) is 0 Å². The van der Waals surface area contributed by atoms with E-state index >= 15 is 0 Å². The van der Waals surface area contributed by atoms with Crippen molar-refractivity contribution in [3.05, 3.63) is 23.8 Å². The van der Waals surface area contributed by atoms with Gasteiger partial charge in [-0.2, -0.15) is 0 Å². The minimum absolute atomic E-state index is 0.908. The first-order valence-corrected chi connectivity index (χ1v) is 7.15. The van der Waals surface area contributed by atoms with E-state index in [4.69, 9.17) is 4.74 Å². The van der Waals surface area contributed by atoms with Crippen LogP contribution in [-0.4, -0.2) is 13.7 Å². The lowest BCUT2D eigenvalue weighted by Crippen LogP contribution is -2.20. The van der Waals surface area contributed by atoms with Gasteiger partial charge in [0.1, 0.15) is 5.75 Å². The zero-order valence-electron chi connectivity index (χ0n) is 11.4. The van der Waals surface area contributed by atoms with Crippen molar-refractivity contribution in [2.24, 2.45) is 17.8 Å². The normalized spacial score (nSPS) is 29.6. The summed E-state index contributed by atoms with van der Waals surface area (Å²) in [7, 11) is 1.72. The van der Waals surface area contributed by atoms with Gasteiger partial charge in [0.25, 0.3) is 0 Å². The first kappa shape index (κ1) is 11.9. The number of hydrogen-bond acceptors (Lipinski definition) is 2. The van der Waals surface area contributed by atoms with Crippen LogP contribution in [0.5, 0.6) is 5.75 Å². The second-order valence-corrected chi connectivity index (χ2v) is 6.00. The summed E-state index contributed by atoms with van der Waals surface area (Å²) in [6.07, 6.45) is 5.90. The number of hydrogen-bond donors (Lipinski definition) is 1. The molecule has 0 radical (unpaired) electrons. The quantitative estimate of drug-likeness (QED) is 0.870. The van der Waals surface area contributed by atoms with Gasteiger partial charge in [0.05, 0.1) is 7.11 Å². The largest absolute Gasteiger partial charge is 0.497 e. The predicted octanol–water partition coefficient (Wildman–Crippen LogP) is 3.85. The van der Waals surface area contributed by atoms with Crippen molar-refractivity contribution in [3.63, 3.8) is 0 Å². The molecular formula is C16H23NO. The third-order valence-corrected chi connectivity index (χ3v) is 4.87. The van der Waals surface area contributed by atoms with Gasteiger partial charge in [-0.25, -0.2) is 0 Å². The van der Waals surface area contributed by atoms with E-state index in [1.807, 2.05) is 6.07 Å². The third-order valence-electron chi connectivity index (χ3n) is 4.87. The molecule has 2 fully saturated rings. The molecule has 1 aromatic rings. The van der Waals surface area contributed by atoms with Gasteiger partial charge in [0, 0.05) is 12.2 Å². The average molecular weight is 245 g/mol. The second kappa shape index (κ2) is 4.83. The zero-order chi connectivity index (χ0) is 12.5. The Morgan fingerprint density at radius 1 is 1.28 bits per heavy atom. The number of ether oxygens (including phenoxy) is 1. The summed E-state index contributed by atoms with van der Waals surface area (Å²) in [6, 6.07) is 6.28. The Labute approximate surface area is 110 Å². The summed E-state index contributed by atoms with van der Waals surface area (Å²) < 4.78 is 5.24. The molecule has 3 unspecified atom stereocenters. The predicted molar refractivity (Wildman–Crippen MR) is 75.2 cm³/mol. The number of rotatable bonds is 4. The maximum atomic E-state index is 5.24. The molecule has 0 aromatic heterocycles. The van der Waals surface area contributed by atoms with Crippen LogP contribution in [0.3, 0.4) is 0 Å². The van der Waals surface area contributed by atoms with E-state index in [2.05, 4.69) is 24.4 Å². The third kappa shape index (κ3) is 2.21. The van der Waals surface area contributed by atoms with Crippen LogP contribution in [0.1, 0.15) is 31.2 Å². The molecule has 0 aliphatic heterocycles. The highest BCUT2D eigenvalue weighted by Crippen LogP contribution is 2.48. The minimum atomic E-state index is 0.908. The van der Waals surface area contributed by atoms with Crippen molar-refractivity contribution >= 4 is 5.69 Å². The maximum Gasteiger partial charge on any atom is 0.119 e. The van der Waals surface area contributed by atoms with E-state index in [-0.39, 0.29) is 0 Å². The molecule has 1 aromatic carbocycles. The molecular weight excluding hydrogens is 222 g/mol. The molecule has 2 aliphatic rings. The smallest absolute Gasteiger partial charge is 0.119 e. The summed E-state index contributed by atoms with van der Waals surface area (Å²) in [5.41, 5.74) is 2.54. The molecule has 3 rings (SSSR count). The molecule has 0 heterocycles. The molecule has 98 valence electrons. The monoisotopic (exact) mass is 245 g/mol. The van der Waals surface area contributed by atoms with Crippen LogP contribution < -0.4 is 10.1 Å². The van der Waals surface area contributed by atoms with E-state index in [0.717, 1.165) is 30.0 Å². The van der Waals surface area contributed by atoms with E-state index < -0.39 is 0 Å². The highest BCUT2D eigenvalue weighted by atomic mass is 16.5. The average Bonchev–Trinajstić information content (AvgIpc) is 2.99. The fraction of sp³-hybridized carbons (Fsp3) is 0.625. The summed E-state index contributed by atoms with van der Waals surface area (Å²) in [4.78, 5) is 0. The van der Waals surface area contributed by atoms with Gasteiger partial charge in [-0.15, -0.1) is 0 Å². The fourth-order valence-electron chi connectivity index (χ4n) is 3.83. The number of aryl methyl sites for hydroxylation is 1. The van der Waals surface area contributed by atoms with Gasteiger partial charge in [0.2, 0.25) is 0 Å². The molecule has 2 aliphatic carbocycles. The Morgan fingerprint density at radius 3 is 2.78 bits per heavy atom. The maximum absolute atomic E-state index is 5.24. The number of fused-ring (bicyclic) bond motifs is 2. The van der Waals surface area contributed by atoms with E-state index in [0.29, 0.717) is 0 Å². The fourth-order valence-corrected chi connectivity index (χ4v) is 3.83. The molecule has 3 atom stereocenters. The standard InChI is InChI=1S/C16H23NO/c1-11-7-15(18-2)5-6-16(11)17-10-14-9-12-3-4-13(14)8-12/h5-7,12-14,17H,3-4,8-10H2,1-2H3. The zero-order valence-corrected chi connectivity index (χ0v) is 11.4. The molecule has 2 saturated carbocycles. The lowest BCUT2D eigenvalue weighted by Gasteiger charge is -2.23. The molecule has 2 bridgehead atoms. The lowest BCUT2D eigenvalue weighted by atomic mass is 9.89. The van der Waals surface area contributed by atoms with Crippen molar-refractivity contribution in [2.75, 3.05) is 19.0 Å². The SMILES string of the molecule is COc1ccc(NCC2CC3CCC2C3)c(C)c1. The van der Waals surface area contributed by atoms with Crippen LogP contribution in [0.15, 0.2) is 18.2 Å². The summed E-state index contributed by atoms with van der Waals surface area (Å²) in [5.74, 6) is 3.89. The number of benzene rings is 1. The Morgan fingerprint density at radius 2 is 2.17 bits per heavy atom. The molecule has 2 heteroatoms. The van der Waals surface area contributed by atoms with Gasteiger partial charge in [-0.3, -0.25) is 0 Å². The molecule has 0 spiro atoms. The highest BCUT2D eigenvalue weighted by molar-refractivity contribution is 5.53. The van der Waals surface area contributed by atoms with Crippen LogP contribution in [0.4, 0.5) is 5.69 Å². The van der Waals surface area contributed by atoms with Crippen molar-refractivity contribution in [3.8, 4) is 5.75 Å². The first-order valence-electron chi connectivity index (χ1n) is 7.15. The molecule has 0 amide bonds. The van der Waals surface area contributed by atoms with Crippen molar-refractivity contribution < 1.29 is 4.74 Å². The number of anilines is 1. The Bertz CT molecular complexity index is 429. The van der Waals surface area contributed by atoms with Crippen LogP contribution >= 0.6 is 0 Å². The Hall–Kier alpha value is -1.18. The molecule has 18 heavy (non-hydrogen) atoms. The van der Waals surface area contributed by atoms with Crippen LogP contribution in [0.2, 0.25) is 0 Å². The van der Waals surface area contributed by atoms with E-state index in [9.17, 15) is 0 Å². The number of nitrogens with one attached hydrogen (secondary N) is 1. The summed E-state index contributed by atoms with van der Waals surface area (Å²) >= 11 is 0. The van der Waals surface area contributed by atoms with Gasteiger partial charge >= 0.3 is 0 Å². The Kier molecular flexibility index (Phi) is 3.19. The minimum Gasteiger partial charge on any atom is -0.497 e. The molecule has 0 saturated heterocycles. The van der Waals surface area contributed by atoms with Gasteiger partial charge in [-0.05, 0) is 67.7 Å². The molecule has 2 nitrogen and oxygen atoms in total. The van der Waals surface area contributed by atoms with Gasteiger partial charge in [0.15, 0.2) is 0 Å². The van der Waals surface area contributed by atoms with E-state index in [1.54, 1.807) is 7.11 Å².